The van der Waals surface area contributed by atoms with Gasteiger partial charge in [0.1, 0.15) is 0 Å². The third kappa shape index (κ3) is 1.81. The molecule has 1 aliphatic carbocycles. The van der Waals surface area contributed by atoms with Crippen LogP contribution in [0.4, 0.5) is 0 Å². The van der Waals surface area contributed by atoms with Crippen molar-refractivity contribution in [1.29, 1.82) is 0 Å². The van der Waals surface area contributed by atoms with E-state index in [1.807, 2.05) is 0 Å². The lowest BCUT2D eigenvalue weighted by atomic mass is 9.72. The van der Waals surface area contributed by atoms with E-state index in [9.17, 15) is 0 Å². The van der Waals surface area contributed by atoms with E-state index in [-0.39, 0.29) is 0 Å². The first-order valence-corrected chi connectivity index (χ1v) is 6.22. The molecule has 1 nitrogen and oxygen atoms in total. The first-order chi connectivity index (χ1) is 7.43. The first-order valence-electron chi connectivity index (χ1n) is 6.22. The molecule has 1 atom stereocenters. The van der Waals surface area contributed by atoms with Gasteiger partial charge in [-0.1, -0.05) is 24.3 Å². The Morgan fingerprint density at radius 1 is 1.13 bits per heavy atom. The van der Waals surface area contributed by atoms with Crippen LogP contribution in [-0.4, -0.2) is 13.1 Å². The van der Waals surface area contributed by atoms with E-state index in [0.29, 0.717) is 0 Å². The van der Waals surface area contributed by atoms with Gasteiger partial charge in [0.15, 0.2) is 0 Å². The Morgan fingerprint density at radius 2 is 1.93 bits per heavy atom. The number of benzene rings is 1. The number of fused-ring (bicyclic) bond motifs is 1. The molecule has 1 aromatic carbocycles. The van der Waals surface area contributed by atoms with Crippen LogP contribution >= 0.6 is 0 Å². The monoisotopic (exact) mass is 201 g/mol. The molecule has 1 N–H and O–H groups in total. The molecule has 1 saturated heterocycles. The van der Waals surface area contributed by atoms with Crippen LogP contribution in [0.5, 0.6) is 0 Å². The van der Waals surface area contributed by atoms with Gasteiger partial charge >= 0.3 is 0 Å². The van der Waals surface area contributed by atoms with E-state index in [1.54, 1.807) is 11.1 Å². The second kappa shape index (κ2) is 3.97. The predicted octanol–water partition coefficient (Wildman–Crippen LogP) is 2.72. The van der Waals surface area contributed by atoms with Crippen molar-refractivity contribution in [3.8, 4) is 0 Å². The molecule has 0 spiro atoms. The van der Waals surface area contributed by atoms with E-state index < -0.39 is 0 Å². The van der Waals surface area contributed by atoms with Crippen molar-refractivity contribution in [2.75, 3.05) is 13.1 Å². The molecular formula is C14H19N. The molecule has 0 radical (unpaired) electrons. The predicted molar refractivity (Wildman–Crippen MR) is 63.1 cm³/mol. The van der Waals surface area contributed by atoms with Crippen molar-refractivity contribution in [2.24, 2.45) is 5.92 Å². The van der Waals surface area contributed by atoms with E-state index in [2.05, 4.69) is 29.6 Å². The zero-order valence-corrected chi connectivity index (χ0v) is 9.21. The van der Waals surface area contributed by atoms with Gasteiger partial charge in [-0.2, -0.15) is 0 Å². The number of rotatable bonds is 2. The Labute approximate surface area is 91.9 Å². The Kier molecular flexibility index (Phi) is 2.49. The summed E-state index contributed by atoms with van der Waals surface area (Å²) < 4.78 is 0. The Hall–Kier alpha value is -0.820. The highest BCUT2D eigenvalue weighted by Crippen LogP contribution is 2.40. The highest BCUT2D eigenvalue weighted by Gasteiger charge is 2.28. The third-order valence-electron chi connectivity index (χ3n) is 4.04. The molecule has 1 aromatic rings. The summed E-state index contributed by atoms with van der Waals surface area (Å²) in [5.74, 6) is 1.86. The summed E-state index contributed by atoms with van der Waals surface area (Å²) in [4.78, 5) is 0. The average Bonchev–Trinajstić information content (AvgIpc) is 2.27. The van der Waals surface area contributed by atoms with Crippen LogP contribution in [0.15, 0.2) is 24.3 Å². The highest BCUT2D eigenvalue weighted by atomic mass is 14.9. The fraction of sp³-hybridized carbons (Fsp3) is 0.571. The summed E-state index contributed by atoms with van der Waals surface area (Å²) in [5.41, 5.74) is 3.23. The summed E-state index contributed by atoms with van der Waals surface area (Å²) in [5, 5.41) is 3.44. The van der Waals surface area contributed by atoms with Crippen LogP contribution in [0.2, 0.25) is 0 Å². The number of nitrogens with one attached hydrogen (secondary N) is 1. The molecule has 1 aliphatic heterocycles. The van der Waals surface area contributed by atoms with Gasteiger partial charge in [0.25, 0.3) is 0 Å². The molecule has 1 fully saturated rings. The second-order valence-electron chi connectivity index (χ2n) is 5.03. The SMILES string of the molecule is c1ccc2c(c1)CC2CC1CCNCC1. The van der Waals surface area contributed by atoms with E-state index in [1.165, 1.54) is 38.8 Å². The highest BCUT2D eigenvalue weighted by molar-refractivity contribution is 5.39. The van der Waals surface area contributed by atoms with Crippen molar-refractivity contribution in [1.82, 2.24) is 5.32 Å². The summed E-state index contributed by atoms with van der Waals surface area (Å²) in [6.07, 6.45) is 5.54. The van der Waals surface area contributed by atoms with E-state index >= 15 is 0 Å². The lowest BCUT2D eigenvalue weighted by Gasteiger charge is -2.34. The van der Waals surface area contributed by atoms with Crippen LogP contribution in [0, 0.1) is 5.92 Å². The van der Waals surface area contributed by atoms with Crippen molar-refractivity contribution < 1.29 is 0 Å². The molecule has 80 valence electrons. The van der Waals surface area contributed by atoms with Crippen molar-refractivity contribution in [3.05, 3.63) is 35.4 Å². The van der Waals surface area contributed by atoms with Gasteiger partial charge in [-0.05, 0) is 61.7 Å². The largest absolute Gasteiger partial charge is 0.317 e. The molecule has 0 bridgehead atoms. The zero-order valence-electron chi connectivity index (χ0n) is 9.21. The van der Waals surface area contributed by atoms with Crippen molar-refractivity contribution in [3.63, 3.8) is 0 Å². The maximum Gasteiger partial charge on any atom is -0.00463 e. The molecule has 0 aromatic heterocycles. The molecule has 1 heterocycles. The second-order valence-corrected chi connectivity index (χ2v) is 5.03. The smallest absolute Gasteiger partial charge is 0.00463 e. The molecule has 1 unspecified atom stereocenters. The maximum atomic E-state index is 3.44. The minimum atomic E-state index is 0.879. The minimum absolute atomic E-state index is 0.879. The number of piperidine rings is 1. The quantitative estimate of drug-likeness (QED) is 0.775. The topological polar surface area (TPSA) is 12.0 Å². The standard InChI is InChI=1S/C14H19N/c1-2-4-14-12(3-1)10-13(14)9-11-5-7-15-8-6-11/h1-4,11,13,15H,5-10H2. The van der Waals surface area contributed by atoms with Crippen LogP contribution in [-0.2, 0) is 6.42 Å². The van der Waals surface area contributed by atoms with Gasteiger partial charge < -0.3 is 5.32 Å². The fourth-order valence-electron chi connectivity index (χ4n) is 3.09. The fourth-order valence-corrected chi connectivity index (χ4v) is 3.09. The lowest BCUT2D eigenvalue weighted by molar-refractivity contribution is 0.320. The molecular weight excluding hydrogens is 182 g/mol. The Bertz CT molecular complexity index is 339. The van der Waals surface area contributed by atoms with Gasteiger partial charge in [0.05, 0.1) is 0 Å². The van der Waals surface area contributed by atoms with Crippen molar-refractivity contribution >= 4 is 0 Å². The average molecular weight is 201 g/mol. The Morgan fingerprint density at radius 3 is 2.73 bits per heavy atom. The van der Waals surface area contributed by atoms with Gasteiger partial charge in [-0.25, -0.2) is 0 Å². The van der Waals surface area contributed by atoms with Gasteiger partial charge in [-0.3, -0.25) is 0 Å². The number of hydrogen-bond donors (Lipinski definition) is 1. The summed E-state index contributed by atoms with van der Waals surface area (Å²) in [7, 11) is 0. The van der Waals surface area contributed by atoms with Crippen molar-refractivity contribution in [2.45, 2.75) is 31.6 Å². The van der Waals surface area contributed by atoms with Crippen LogP contribution in [0.1, 0.15) is 36.3 Å². The van der Waals surface area contributed by atoms with E-state index in [4.69, 9.17) is 0 Å². The molecule has 2 aliphatic rings. The van der Waals surface area contributed by atoms with Gasteiger partial charge in [-0.15, -0.1) is 0 Å². The van der Waals surface area contributed by atoms with Crippen LogP contribution < -0.4 is 5.32 Å². The lowest BCUT2D eigenvalue weighted by Crippen LogP contribution is -2.30. The summed E-state index contributed by atoms with van der Waals surface area (Å²) >= 11 is 0. The zero-order chi connectivity index (χ0) is 10.1. The molecule has 15 heavy (non-hydrogen) atoms. The molecule has 0 saturated carbocycles. The third-order valence-corrected chi connectivity index (χ3v) is 4.04. The molecule has 3 rings (SSSR count). The summed E-state index contributed by atoms with van der Waals surface area (Å²) in [6.45, 7) is 2.47. The van der Waals surface area contributed by atoms with Crippen LogP contribution in [0.3, 0.4) is 0 Å². The first kappa shape index (κ1) is 9.41. The Balaban J connectivity index is 1.62. The molecule has 1 heteroatoms. The normalized spacial score (nSPS) is 25.7. The van der Waals surface area contributed by atoms with E-state index in [0.717, 1.165) is 11.8 Å². The van der Waals surface area contributed by atoms with Crippen LogP contribution in [0.25, 0.3) is 0 Å². The van der Waals surface area contributed by atoms with Gasteiger partial charge in [0, 0.05) is 0 Å². The maximum absolute atomic E-state index is 3.44. The summed E-state index contributed by atoms with van der Waals surface area (Å²) in [6, 6.07) is 8.96. The van der Waals surface area contributed by atoms with Gasteiger partial charge in [0.2, 0.25) is 0 Å². The molecule has 0 amide bonds. The number of hydrogen-bond acceptors (Lipinski definition) is 1. The minimum Gasteiger partial charge on any atom is -0.317 e.